The maximum atomic E-state index is 12.2. The molecule has 0 saturated carbocycles. The summed E-state index contributed by atoms with van der Waals surface area (Å²) in [5.74, 6) is 24.6. The van der Waals surface area contributed by atoms with Gasteiger partial charge in [-0.3, -0.25) is 19.8 Å². The number of amides is 4. The van der Waals surface area contributed by atoms with Gasteiger partial charge >= 0.3 is 6.03 Å². The quantitative estimate of drug-likeness (QED) is 0.427. The summed E-state index contributed by atoms with van der Waals surface area (Å²) in [6.45, 7) is 5.04. The van der Waals surface area contributed by atoms with E-state index in [1.54, 1.807) is 20.8 Å². The van der Waals surface area contributed by atoms with Gasteiger partial charge < -0.3 is 0 Å². The van der Waals surface area contributed by atoms with Crippen LogP contribution in [-0.4, -0.2) is 29.8 Å². The molecule has 1 atom stereocenters. The SMILES string of the molecule is CC#CC#CC#CC#CC#CC.CN1C(=O)NC(=O)C(C)(C2=CCCCC2)C1=O. The zero-order chi connectivity index (χ0) is 21.7. The van der Waals surface area contributed by atoms with Gasteiger partial charge in [-0.25, -0.2) is 4.79 Å². The highest BCUT2D eigenvalue weighted by atomic mass is 16.2. The minimum atomic E-state index is -1.21. The van der Waals surface area contributed by atoms with Crippen LogP contribution in [-0.2, 0) is 9.59 Å². The van der Waals surface area contributed by atoms with Crippen molar-refractivity contribution in [2.24, 2.45) is 5.41 Å². The molecular weight excluding hydrogens is 364 g/mol. The van der Waals surface area contributed by atoms with Crippen LogP contribution in [0, 0.1) is 64.6 Å². The number of carbonyl (C=O) groups excluding carboxylic acids is 3. The fraction of sp³-hybridized carbons (Fsp3) is 0.375. The minimum Gasteiger partial charge on any atom is -0.276 e. The van der Waals surface area contributed by atoms with Gasteiger partial charge in [-0.15, -0.1) is 0 Å². The molecular formula is C24H22N2O3. The van der Waals surface area contributed by atoms with E-state index in [1.165, 1.54) is 7.05 Å². The Morgan fingerprint density at radius 3 is 1.86 bits per heavy atom. The highest BCUT2D eigenvalue weighted by Crippen LogP contribution is 2.37. The number of allylic oxidation sites excluding steroid dienone is 1. The first kappa shape index (κ1) is 23.2. The van der Waals surface area contributed by atoms with Crippen molar-refractivity contribution in [2.45, 2.75) is 46.5 Å². The molecule has 1 heterocycles. The van der Waals surface area contributed by atoms with Gasteiger partial charge in [0.05, 0.1) is 0 Å². The van der Waals surface area contributed by atoms with Crippen molar-refractivity contribution in [3.05, 3.63) is 11.6 Å². The summed E-state index contributed by atoms with van der Waals surface area (Å²) in [4.78, 5) is 36.5. The fourth-order valence-corrected chi connectivity index (χ4v) is 2.72. The first-order valence-corrected chi connectivity index (χ1v) is 9.06. The van der Waals surface area contributed by atoms with Crippen molar-refractivity contribution < 1.29 is 14.4 Å². The number of hydrogen-bond donors (Lipinski definition) is 1. The van der Waals surface area contributed by atoms with Crippen molar-refractivity contribution in [3.63, 3.8) is 0 Å². The molecule has 146 valence electrons. The summed E-state index contributed by atoms with van der Waals surface area (Å²) in [7, 11) is 1.39. The van der Waals surface area contributed by atoms with Gasteiger partial charge in [0.1, 0.15) is 5.41 Å². The molecule has 1 aliphatic heterocycles. The zero-order valence-corrected chi connectivity index (χ0v) is 17.1. The van der Waals surface area contributed by atoms with E-state index in [1.807, 2.05) is 6.08 Å². The Morgan fingerprint density at radius 1 is 0.897 bits per heavy atom. The molecule has 0 radical (unpaired) electrons. The summed E-state index contributed by atoms with van der Waals surface area (Å²) in [5, 5.41) is 2.23. The molecule has 5 heteroatoms. The summed E-state index contributed by atoms with van der Waals surface area (Å²) >= 11 is 0. The lowest BCUT2D eigenvalue weighted by Gasteiger charge is -2.37. The molecule has 0 aromatic carbocycles. The Hall–Kier alpha value is -3.85. The summed E-state index contributed by atoms with van der Waals surface area (Å²) in [5.41, 5.74) is -0.367. The number of nitrogens with one attached hydrogen (secondary N) is 1. The van der Waals surface area contributed by atoms with E-state index in [-0.39, 0.29) is 0 Å². The van der Waals surface area contributed by atoms with Gasteiger partial charge in [0.15, 0.2) is 0 Å². The van der Waals surface area contributed by atoms with Crippen LogP contribution in [0.3, 0.4) is 0 Å². The van der Waals surface area contributed by atoms with Crippen LogP contribution in [0.25, 0.3) is 0 Å². The maximum Gasteiger partial charge on any atom is 0.330 e. The van der Waals surface area contributed by atoms with Gasteiger partial charge in [-0.05, 0) is 99.4 Å². The molecule has 0 spiro atoms. The van der Waals surface area contributed by atoms with Crippen molar-refractivity contribution in [2.75, 3.05) is 7.05 Å². The van der Waals surface area contributed by atoms with E-state index in [0.717, 1.165) is 36.2 Å². The molecule has 0 bridgehead atoms. The lowest BCUT2D eigenvalue weighted by atomic mass is 9.74. The van der Waals surface area contributed by atoms with Crippen LogP contribution in [0.2, 0.25) is 0 Å². The summed E-state index contributed by atoms with van der Waals surface area (Å²) in [6.07, 6.45) is 5.68. The van der Waals surface area contributed by atoms with Crippen LogP contribution in [0.1, 0.15) is 46.5 Å². The van der Waals surface area contributed by atoms with Crippen LogP contribution < -0.4 is 5.32 Å². The monoisotopic (exact) mass is 386 g/mol. The van der Waals surface area contributed by atoms with Crippen LogP contribution >= 0.6 is 0 Å². The topological polar surface area (TPSA) is 66.5 Å². The van der Waals surface area contributed by atoms with Gasteiger partial charge in [-0.1, -0.05) is 17.9 Å². The number of carbonyl (C=O) groups is 3. The number of nitrogens with zero attached hydrogens (tertiary/aromatic N) is 1. The maximum absolute atomic E-state index is 12.2. The third kappa shape index (κ3) is 6.36. The minimum absolute atomic E-state index is 0.431. The number of barbiturate groups is 1. The molecule has 29 heavy (non-hydrogen) atoms. The van der Waals surface area contributed by atoms with Crippen LogP contribution in [0.15, 0.2) is 11.6 Å². The second-order valence-electron chi connectivity index (χ2n) is 6.22. The molecule has 5 nitrogen and oxygen atoms in total. The first-order valence-electron chi connectivity index (χ1n) is 9.06. The predicted octanol–water partition coefficient (Wildman–Crippen LogP) is 2.24. The molecule has 2 rings (SSSR count). The fourth-order valence-electron chi connectivity index (χ4n) is 2.72. The van der Waals surface area contributed by atoms with Crippen molar-refractivity contribution in [1.29, 1.82) is 0 Å². The smallest absolute Gasteiger partial charge is 0.276 e. The molecule has 1 fully saturated rings. The van der Waals surface area contributed by atoms with Gasteiger partial charge in [0.2, 0.25) is 11.8 Å². The highest BCUT2D eigenvalue weighted by molar-refractivity contribution is 6.20. The third-order valence-corrected chi connectivity index (χ3v) is 4.33. The van der Waals surface area contributed by atoms with E-state index in [9.17, 15) is 14.4 Å². The predicted molar refractivity (Wildman–Crippen MR) is 111 cm³/mol. The molecule has 1 saturated heterocycles. The van der Waals surface area contributed by atoms with Crippen LogP contribution in [0.5, 0.6) is 0 Å². The van der Waals surface area contributed by atoms with E-state index in [2.05, 4.69) is 64.5 Å². The van der Waals surface area contributed by atoms with Crippen molar-refractivity contribution in [1.82, 2.24) is 10.2 Å². The van der Waals surface area contributed by atoms with E-state index in [0.29, 0.717) is 0 Å². The second-order valence-corrected chi connectivity index (χ2v) is 6.22. The Balaban J connectivity index is 0.000000311. The average molecular weight is 386 g/mol. The standard InChI is InChI=1S/C12H16N2O3.C12H6/c1-12(8-6-4-3-5-7-8)9(15)13-11(17)14(2)10(12)16;1-3-5-7-9-11-12-10-8-6-4-2/h6H,3-5,7H2,1-2H3,(H,13,15,17);1-2H3. The molecule has 0 aromatic heterocycles. The number of rotatable bonds is 1. The lowest BCUT2D eigenvalue weighted by Crippen LogP contribution is -2.62. The average Bonchev–Trinajstić information content (AvgIpc) is 2.74. The van der Waals surface area contributed by atoms with E-state index < -0.39 is 23.3 Å². The lowest BCUT2D eigenvalue weighted by molar-refractivity contribution is -0.146. The number of urea groups is 1. The van der Waals surface area contributed by atoms with Crippen LogP contribution in [0.4, 0.5) is 4.79 Å². The Bertz CT molecular complexity index is 982. The third-order valence-electron chi connectivity index (χ3n) is 4.33. The van der Waals surface area contributed by atoms with Crippen molar-refractivity contribution in [3.8, 4) is 59.2 Å². The Labute approximate surface area is 172 Å². The Morgan fingerprint density at radius 2 is 1.41 bits per heavy atom. The second kappa shape index (κ2) is 11.8. The van der Waals surface area contributed by atoms with E-state index in [4.69, 9.17) is 0 Å². The van der Waals surface area contributed by atoms with Gasteiger partial charge in [-0.2, -0.15) is 0 Å². The first-order chi connectivity index (χ1) is 13.9. The largest absolute Gasteiger partial charge is 0.330 e. The van der Waals surface area contributed by atoms with Crippen molar-refractivity contribution >= 4 is 17.8 Å². The molecule has 1 aliphatic carbocycles. The molecule has 1 N–H and O–H groups in total. The molecule has 2 aliphatic rings. The Kier molecular flexibility index (Phi) is 9.42. The summed E-state index contributed by atoms with van der Waals surface area (Å²) in [6, 6.07) is -0.645. The van der Waals surface area contributed by atoms with Gasteiger partial charge in [0.25, 0.3) is 0 Å². The molecule has 0 aromatic rings. The number of imide groups is 2. The highest BCUT2D eigenvalue weighted by Gasteiger charge is 2.51. The normalized spacial score (nSPS) is 19.2. The number of hydrogen-bond acceptors (Lipinski definition) is 3. The van der Waals surface area contributed by atoms with Gasteiger partial charge in [0, 0.05) is 7.05 Å². The summed E-state index contributed by atoms with van der Waals surface area (Å²) < 4.78 is 0. The zero-order valence-electron chi connectivity index (χ0n) is 17.1. The van der Waals surface area contributed by atoms with E-state index >= 15 is 0 Å². The molecule has 1 unspecified atom stereocenters. The molecule has 4 amide bonds.